The summed E-state index contributed by atoms with van der Waals surface area (Å²) in [6.45, 7) is 0. The molecule has 1 aromatic heterocycles. The fraction of sp³-hybridized carbons (Fsp3) is 0.571. The summed E-state index contributed by atoms with van der Waals surface area (Å²) >= 11 is 0.978. The maximum Gasteiger partial charge on any atom is 0.415 e. The molecule has 0 aromatic carbocycles. The molecule has 1 atom stereocenters. The monoisotopic (exact) mass is 361 g/mol. The zero-order valence-corrected chi connectivity index (χ0v) is 15.6. The average molecular weight is 361 g/mol. The van der Waals surface area contributed by atoms with Gasteiger partial charge in [0, 0.05) is 6.42 Å². The molecule has 0 saturated carbocycles. The number of nitrogens with zero attached hydrogens (tertiary/aromatic N) is 1. The van der Waals surface area contributed by atoms with Crippen molar-refractivity contribution in [3.8, 4) is 0 Å². The summed E-state index contributed by atoms with van der Waals surface area (Å²) in [5.74, 6) is -0.438. The minimum absolute atomic E-state index is 0.202. The van der Waals surface area contributed by atoms with Gasteiger partial charge in [-0.05, 0) is 36.8 Å². The molecule has 0 amide bonds. The maximum atomic E-state index is 13.1. The predicted octanol–water partition coefficient (Wildman–Crippen LogP) is 2.43. The van der Waals surface area contributed by atoms with Crippen LogP contribution in [0.4, 0.5) is 13.2 Å². The van der Waals surface area contributed by atoms with Crippen molar-refractivity contribution in [2.24, 2.45) is 5.16 Å². The summed E-state index contributed by atoms with van der Waals surface area (Å²) in [5, 5.41) is 3.72. The normalized spacial score (nSPS) is 23.9. The van der Waals surface area contributed by atoms with Crippen LogP contribution >= 0.6 is 11.3 Å². The van der Waals surface area contributed by atoms with Gasteiger partial charge in [-0.15, -0.1) is 11.3 Å². The molecular weight excluding hydrogens is 346 g/mol. The Morgan fingerprint density at radius 2 is 2.00 bits per heavy atom. The van der Waals surface area contributed by atoms with E-state index in [1.165, 1.54) is 18.4 Å². The SMILES string of the molecule is COC(=O)c1sc(C2=NO[C]([AlH2])(C(F)(F)F)C2)c2c1CCCC2. The van der Waals surface area contributed by atoms with Crippen LogP contribution in [0, 0.1) is 0 Å². The highest BCUT2D eigenvalue weighted by molar-refractivity contribution is 7.16. The number of carbonyl (C=O) groups is 1. The van der Waals surface area contributed by atoms with Crippen LogP contribution in [0.5, 0.6) is 0 Å². The third kappa shape index (κ3) is 2.79. The van der Waals surface area contributed by atoms with E-state index in [0.717, 1.165) is 36.8 Å². The fourth-order valence-corrected chi connectivity index (χ4v) is 4.66. The molecule has 2 aliphatic rings. The van der Waals surface area contributed by atoms with E-state index >= 15 is 0 Å². The summed E-state index contributed by atoms with van der Waals surface area (Å²) < 4.78 is 42.0. The number of rotatable bonds is 2. The van der Waals surface area contributed by atoms with Gasteiger partial charge in [0.25, 0.3) is 0 Å². The van der Waals surface area contributed by atoms with Gasteiger partial charge in [-0.1, -0.05) is 5.16 Å². The molecule has 0 bridgehead atoms. The Kier molecular flexibility index (Phi) is 4.24. The van der Waals surface area contributed by atoms with Gasteiger partial charge in [0.1, 0.15) is 10.6 Å². The van der Waals surface area contributed by atoms with Crippen LogP contribution in [0.2, 0.25) is 0 Å². The average Bonchev–Trinajstić information content (AvgIpc) is 3.08. The molecule has 0 N–H and O–H groups in total. The molecule has 1 aliphatic carbocycles. The van der Waals surface area contributed by atoms with E-state index in [2.05, 4.69) is 5.16 Å². The Hall–Kier alpha value is -1.04. The molecule has 1 unspecified atom stereocenters. The van der Waals surface area contributed by atoms with Crippen molar-refractivity contribution < 1.29 is 27.5 Å². The zero-order valence-electron chi connectivity index (χ0n) is 12.7. The first kappa shape index (κ1) is 16.8. The van der Waals surface area contributed by atoms with Crippen molar-refractivity contribution in [2.45, 2.75) is 42.7 Å². The second kappa shape index (κ2) is 5.80. The first-order valence-corrected chi connectivity index (χ1v) is 9.13. The molecular formula is C14H15AlF3NO3S. The number of halogens is 3. The molecule has 1 aliphatic heterocycles. The minimum Gasteiger partial charge on any atom is -0.465 e. The number of alkyl halides is 3. The van der Waals surface area contributed by atoms with Crippen LogP contribution in [0.1, 0.15) is 44.9 Å². The number of fused-ring (bicyclic) bond motifs is 1. The summed E-state index contributed by atoms with van der Waals surface area (Å²) in [5.41, 5.74) is 2.15. The van der Waals surface area contributed by atoms with Crippen LogP contribution in [0.25, 0.3) is 0 Å². The van der Waals surface area contributed by atoms with Crippen LogP contribution in [-0.2, 0) is 22.4 Å². The summed E-state index contributed by atoms with van der Waals surface area (Å²) in [6, 6.07) is 0. The lowest BCUT2D eigenvalue weighted by atomic mass is 9.90. The van der Waals surface area contributed by atoms with Crippen molar-refractivity contribution >= 4 is 39.3 Å². The number of hydrogen-bond donors (Lipinski definition) is 0. The van der Waals surface area contributed by atoms with Crippen LogP contribution in [-0.4, -0.2) is 45.7 Å². The molecule has 4 nitrogen and oxygen atoms in total. The smallest absolute Gasteiger partial charge is 0.415 e. The van der Waals surface area contributed by atoms with E-state index in [4.69, 9.17) is 9.57 Å². The molecule has 0 radical (unpaired) electrons. The summed E-state index contributed by atoms with van der Waals surface area (Å²) in [4.78, 5) is 17.9. The Bertz CT molecular complexity index is 686. The molecule has 124 valence electrons. The molecule has 9 heteroatoms. The predicted molar refractivity (Wildman–Crippen MR) is 81.9 cm³/mol. The van der Waals surface area contributed by atoms with Crippen molar-refractivity contribution in [2.75, 3.05) is 7.11 Å². The first-order chi connectivity index (χ1) is 10.8. The van der Waals surface area contributed by atoms with Gasteiger partial charge in [0.05, 0.1) is 12.0 Å². The lowest BCUT2D eigenvalue weighted by Gasteiger charge is -2.25. The quantitative estimate of drug-likeness (QED) is 0.601. The molecule has 3 rings (SSSR count). The van der Waals surface area contributed by atoms with Crippen molar-refractivity contribution in [1.82, 2.24) is 0 Å². The molecule has 0 saturated heterocycles. The number of thiophene rings is 1. The standard InChI is InChI=1S/C14H13F3NO3S.Al.2H/c1-20-13(19)12-8-5-3-2-4-7(8)11(22-12)9-6-10(21-18-9)14(15,16)17;;;/h2-6H2,1H3;;;. The van der Waals surface area contributed by atoms with E-state index in [0.29, 0.717) is 15.5 Å². The highest BCUT2D eigenvalue weighted by atomic mass is 32.1. The number of methoxy groups -OCH3 is 1. The molecule has 0 spiro atoms. The van der Waals surface area contributed by atoms with Gasteiger partial charge in [-0.3, -0.25) is 0 Å². The maximum absolute atomic E-state index is 13.1. The lowest BCUT2D eigenvalue weighted by Crippen LogP contribution is -2.45. The Morgan fingerprint density at radius 1 is 1.35 bits per heavy atom. The highest BCUT2D eigenvalue weighted by Gasteiger charge is 2.56. The number of carbonyl (C=O) groups excluding carboxylic acids is 1. The largest absolute Gasteiger partial charge is 0.465 e. The summed E-state index contributed by atoms with van der Waals surface area (Å²) in [7, 11) is 1.31. The molecule has 2 heterocycles. The van der Waals surface area contributed by atoms with Gasteiger partial charge >= 0.3 is 28.4 Å². The minimum atomic E-state index is -4.44. The molecule has 0 fully saturated rings. The van der Waals surface area contributed by atoms with Crippen LogP contribution in [0.3, 0.4) is 0 Å². The third-order valence-corrected chi connectivity index (χ3v) is 6.72. The second-order valence-electron chi connectivity index (χ2n) is 5.95. The zero-order chi connectivity index (χ0) is 16.8. The van der Waals surface area contributed by atoms with Gasteiger partial charge in [0.15, 0.2) is 4.46 Å². The number of esters is 1. The number of hydrogen-bond acceptors (Lipinski definition) is 5. The Morgan fingerprint density at radius 3 is 2.57 bits per heavy atom. The Labute approximate surface area is 143 Å². The van der Waals surface area contributed by atoms with Gasteiger partial charge in [-0.2, -0.15) is 13.2 Å². The third-order valence-electron chi connectivity index (χ3n) is 4.31. The number of oxime groups is 1. The van der Waals surface area contributed by atoms with Gasteiger partial charge in [0.2, 0.25) is 0 Å². The fourth-order valence-electron chi connectivity index (χ4n) is 2.94. The van der Waals surface area contributed by atoms with Gasteiger partial charge in [-0.25, -0.2) is 4.79 Å². The molecule has 23 heavy (non-hydrogen) atoms. The topological polar surface area (TPSA) is 47.9 Å². The van der Waals surface area contributed by atoms with E-state index in [1.54, 1.807) is 0 Å². The first-order valence-electron chi connectivity index (χ1n) is 7.32. The Balaban J connectivity index is 1.99. The van der Waals surface area contributed by atoms with Crippen LogP contribution < -0.4 is 0 Å². The van der Waals surface area contributed by atoms with Gasteiger partial charge < -0.3 is 9.57 Å². The van der Waals surface area contributed by atoms with E-state index < -0.39 is 16.6 Å². The lowest BCUT2D eigenvalue weighted by molar-refractivity contribution is -0.233. The van der Waals surface area contributed by atoms with Crippen LogP contribution in [0.15, 0.2) is 5.16 Å². The highest BCUT2D eigenvalue weighted by Crippen LogP contribution is 2.42. The number of ether oxygens (including phenoxy) is 1. The van der Waals surface area contributed by atoms with E-state index in [-0.39, 0.29) is 22.7 Å². The summed E-state index contributed by atoms with van der Waals surface area (Å²) in [6.07, 6.45) is -1.31. The second-order valence-corrected chi connectivity index (χ2v) is 8.59. The van der Waals surface area contributed by atoms with E-state index in [9.17, 15) is 18.0 Å². The van der Waals surface area contributed by atoms with Crippen molar-refractivity contribution in [1.29, 1.82) is 0 Å². The molecule has 1 aromatic rings. The van der Waals surface area contributed by atoms with E-state index in [1.807, 2.05) is 0 Å². The van der Waals surface area contributed by atoms with Crippen molar-refractivity contribution in [3.63, 3.8) is 0 Å². The van der Waals surface area contributed by atoms with Crippen molar-refractivity contribution in [3.05, 3.63) is 20.9 Å².